The van der Waals surface area contributed by atoms with E-state index < -0.39 is 34.6 Å². The summed E-state index contributed by atoms with van der Waals surface area (Å²) in [6, 6.07) is 12.0. The van der Waals surface area contributed by atoms with Crippen molar-refractivity contribution in [2.24, 2.45) is 0 Å². The van der Waals surface area contributed by atoms with Crippen LogP contribution in [0.4, 0.5) is 11.4 Å². The third kappa shape index (κ3) is 5.20. The SMILES string of the molecule is O=C(COC(=O)C[C@H]1Sc2ccccc2NC1=O)NC(=O)c1cccc([N+](=O)[O-])c1. The molecule has 154 valence electrons. The maximum absolute atomic E-state index is 12.1. The summed E-state index contributed by atoms with van der Waals surface area (Å²) in [4.78, 5) is 58.8. The highest BCUT2D eigenvalue weighted by Gasteiger charge is 2.29. The van der Waals surface area contributed by atoms with Crippen LogP contribution in [0.3, 0.4) is 0 Å². The number of hydrogen-bond donors (Lipinski definition) is 2. The molecule has 2 N–H and O–H groups in total. The monoisotopic (exact) mass is 429 g/mol. The molecule has 0 fully saturated rings. The summed E-state index contributed by atoms with van der Waals surface area (Å²) in [7, 11) is 0. The van der Waals surface area contributed by atoms with Crippen molar-refractivity contribution in [2.75, 3.05) is 11.9 Å². The summed E-state index contributed by atoms with van der Waals surface area (Å²) in [6.45, 7) is -0.727. The van der Waals surface area contributed by atoms with Crippen LogP contribution in [0, 0.1) is 10.1 Å². The number of nitro groups is 1. The Bertz CT molecular complexity index is 1040. The van der Waals surface area contributed by atoms with Crippen molar-refractivity contribution in [3.05, 3.63) is 64.2 Å². The number of carbonyl (C=O) groups is 4. The van der Waals surface area contributed by atoms with Crippen LogP contribution < -0.4 is 10.6 Å². The second kappa shape index (κ2) is 9.18. The number of thioether (sulfide) groups is 1. The number of imide groups is 1. The van der Waals surface area contributed by atoms with Crippen molar-refractivity contribution in [2.45, 2.75) is 16.6 Å². The summed E-state index contributed by atoms with van der Waals surface area (Å²) in [6.07, 6.45) is -0.253. The van der Waals surface area contributed by atoms with E-state index in [-0.39, 0.29) is 23.6 Å². The molecule has 1 atom stereocenters. The van der Waals surface area contributed by atoms with E-state index in [0.717, 1.165) is 11.0 Å². The summed E-state index contributed by atoms with van der Waals surface area (Å²) >= 11 is 1.22. The van der Waals surface area contributed by atoms with E-state index >= 15 is 0 Å². The minimum atomic E-state index is -0.897. The molecule has 1 aliphatic heterocycles. The molecule has 0 unspecified atom stereocenters. The smallest absolute Gasteiger partial charge is 0.307 e. The lowest BCUT2D eigenvalue weighted by Gasteiger charge is -2.23. The predicted octanol–water partition coefficient (Wildman–Crippen LogP) is 1.90. The fraction of sp³-hybridized carbons (Fsp3) is 0.158. The van der Waals surface area contributed by atoms with E-state index in [1.165, 1.54) is 30.0 Å². The molecule has 3 rings (SSSR count). The normalized spacial score (nSPS) is 14.8. The molecule has 0 spiro atoms. The molecule has 1 aliphatic rings. The van der Waals surface area contributed by atoms with E-state index in [4.69, 9.17) is 4.74 Å². The second-order valence-electron chi connectivity index (χ2n) is 6.14. The van der Waals surface area contributed by atoms with Crippen LogP contribution in [0.15, 0.2) is 53.4 Å². The number of nitro benzene ring substituents is 1. The van der Waals surface area contributed by atoms with E-state index in [1.54, 1.807) is 18.2 Å². The predicted molar refractivity (Wildman–Crippen MR) is 106 cm³/mol. The lowest BCUT2D eigenvalue weighted by atomic mass is 10.2. The van der Waals surface area contributed by atoms with Crippen LogP contribution in [0.25, 0.3) is 0 Å². The maximum Gasteiger partial charge on any atom is 0.307 e. The fourth-order valence-corrected chi connectivity index (χ4v) is 3.67. The van der Waals surface area contributed by atoms with Crippen molar-refractivity contribution in [3.63, 3.8) is 0 Å². The van der Waals surface area contributed by atoms with Gasteiger partial charge in [-0.2, -0.15) is 0 Å². The van der Waals surface area contributed by atoms with Crippen LogP contribution in [0.2, 0.25) is 0 Å². The van der Waals surface area contributed by atoms with Gasteiger partial charge in [-0.1, -0.05) is 18.2 Å². The average molecular weight is 429 g/mol. The van der Waals surface area contributed by atoms with Crippen LogP contribution in [-0.4, -0.2) is 40.5 Å². The fourth-order valence-electron chi connectivity index (χ4n) is 2.58. The Hall–Kier alpha value is -3.73. The number of hydrogen-bond acceptors (Lipinski definition) is 8. The first-order valence-corrected chi connectivity index (χ1v) is 9.52. The molecule has 0 saturated heterocycles. The zero-order valence-corrected chi connectivity index (χ0v) is 16.1. The highest BCUT2D eigenvalue weighted by Crippen LogP contribution is 2.36. The molecule has 3 amide bonds. The van der Waals surface area contributed by atoms with Gasteiger partial charge in [-0.15, -0.1) is 11.8 Å². The zero-order valence-electron chi connectivity index (χ0n) is 15.3. The molecular formula is C19H15N3O7S. The van der Waals surface area contributed by atoms with Crippen molar-refractivity contribution >= 4 is 46.8 Å². The number of rotatable bonds is 6. The Morgan fingerprint density at radius 2 is 1.93 bits per heavy atom. The summed E-state index contributed by atoms with van der Waals surface area (Å²) in [5, 5.41) is 14.7. The first-order valence-electron chi connectivity index (χ1n) is 8.64. The van der Waals surface area contributed by atoms with Gasteiger partial charge < -0.3 is 10.1 Å². The molecule has 11 heteroatoms. The standard InChI is InChI=1S/C19H15N3O7S/c23-16(21-18(25)11-4-3-5-12(8-11)22(27)28)10-29-17(24)9-15-19(26)20-13-6-1-2-7-14(13)30-15/h1-8,15H,9-10H2,(H,20,26)(H,21,23,25)/t15-/m1/s1. The third-order valence-electron chi connectivity index (χ3n) is 4.00. The Morgan fingerprint density at radius 1 is 1.17 bits per heavy atom. The lowest BCUT2D eigenvalue weighted by Crippen LogP contribution is -2.35. The van der Waals surface area contributed by atoms with Crippen LogP contribution in [0.5, 0.6) is 0 Å². The second-order valence-corrected chi connectivity index (χ2v) is 7.39. The summed E-state index contributed by atoms with van der Waals surface area (Å²) in [5.41, 5.74) is 0.278. The van der Waals surface area contributed by atoms with Gasteiger partial charge in [0.25, 0.3) is 17.5 Å². The first kappa shape index (κ1) is 21.0. The van der Waals surface area contributed by atoms with Crippen molar-refractivity contribution in [3.8, 4) is 0 Å². The average Bonchev–Trinajstić information content (AvgIpc) is 2.73. The molecule has 0 bridgehead atoms. The van der Waals surface area contributed by atoms with Gasteiger partial charge in [-0.05, 0) is 18.2 Å². The topological polar surface area (TPSA) is 145 Å². The van der Waals surface area contributed by atoms with Gasteiger partial charge in [-0.25, -0.2) is 0 Å². The molecule has 0 saturated carbocycles. The molecule has 0 radical (unpaired) electrons. The lowest BCUT2D eigenvalue weighted by molar-refractivity contribution is -0.384. The number of benzene rings is 2. The van der Waals surface area contributed by atoms with Gasteiger partial charge in [0.15, 0.2) is 6.61 Å². The minimum absolute atomic E-state index is 0.0854. The van der Waals surface area contributed by atoms with Crippen molar-refractivity contribution < 1.29 is 28.8 Å². The summed E-state index contributed by atoms with van der Waals surface area (Å²) in [5.74, 6) is -2.88. The number of anilines is 1. The molecule has 2 aromatic rings. The number of non-ortho nitro benzene ring substituents is 1. The van der Waals surface area contributed by atoms with Gasteiger partial charge in [0.05, 0.1) is 22.3 Å². The third-order valence-corrected chi connectivity index (χ3v) is 5.27. The molecule has 0 aliphatic carbocycles. The number of ether oxygens (including phenoxy) is 1. The minimum Gasteiger partial charge on any atom is -0.456 e. The first-order chi connectivity index (χ1) is 14.3. The number of nitrogens with zero attached hydrogens (tertiary/aromatic N) is 1. The molecular weight excluding hydrogens is 414 g/mol. The van der Waals surface area contributed by atoms with E-state index in [9.17, 15) is 29.3 Å². The van der Waals surface area contributed by atoms with Crippen LogP contribution in [0.1, 0.15) is 16.8 Å². The zero-order chi connectivity index (χ0) is 21.7. The molecule has 0 aromatic heterocycles. The Labute approximate surface area is 174 Å². The quantitative estimate of drug-likeness (QED) is 0.402. The largest absolute Gasteiger partial charge is 0.456 e. The Kier molecular flexibility index (Phi) is 6.42. The van der Waals surface area contributed by atoms with E-state index in [0.29, 0.717) is 5.69 Å². The van der Waals surface area contributed by atoms with Gasteiger partial charge in [0.1, 0.15) is 0 Å². The van der Waals surface area contributed by atoms with Crippen LogP contribution in [-0.2, 0) is 19.1 Å². The van der Waals surface area contributed by atoms with Gasteiger partial charge in [0, 0.05) is 22.6 Å². The van der Waals surface area contributed by atoms with Crippen LogP contribution >= 0.6 is 11.8 Å². The Balaban J connectivity index is 1.48. The number of esters is 1. The molecule has 1 heterocycles. The summed E-state index contributed by atoms with van der Waals surface area (Å²) < 4.78 is 4.84. The number of amides is 3. The van der Waals surface area contributed by atoms with E-state index in [1.807, 2.05) is 11.4 Å². The molecule has 30 heavy (non-hydrogen) atoms. The highest BCUT2D eigenvalue weighted by molar-refractivity contribution is 8.01. The molecule has 2 aromatic carbocycles. The highest BCUT2D eigenvalue weighted by atomic mass is 32.2. The number of fused-ring (bicyclic) bond motifs is 1. The van der Waals surface area contributed by atoms with Gasteiger partial charge >= 0.3 is 5.97 Å². The number of carbonyl (C=O) groups excluding carboxylic acids is 4. The van der Waals surface area contributed by atoms with Crippen molar-refractivity contribution in [1.29, 1.82) is 0 Å². The van der Waals surface area contributed by atoms with E-state index in [2.05, 4.69) is 5.32 Å². The van der Waals surface area contributed by atoms with Gasteiger partial charge in [-0.3, -0.25) is 34.6 Å². The Morgan fingerprint density at radius 3 is 2.70 bits per heavy atom. The maximum atomic E-state index is 12.1. The molecule has 10 nitrogen and oxygen atoms in total. The van der Waals surface area contributed by atoms with Crippen molar-refractivity contribution in [1.82, 2.24) is 5.32 Å². The number of nitrogens with one attached hydrogen (secondary N) is 2. The number of para-hydroxylation sites is 1. The van der Waals surface area contributed by atoms with Gasteiger partial charge in [0.2, 0.25) is 5.91 Å².